The summed E-state index contributed by atoms with van der Waals surface area (Å²) in [7, 11) is 0. The molecule has 1 N–H and O–H groups in total. The van der Waals surface area contributed by atoms with Crippen molar-refractivity contribution in [2.75, 3.05) is 0 Å². The maximum Gasteiger partial charge on any atom is 0.0486 e. The van der Waals surface area contributed by atoms with Crippen LogP contribution in [0.2, 0.25) is 0 Å². The maximum absolute atomic E-state index is 3.72. The lowest BCUT2D eigenvalue weighted by atomic mass is 9.95. The number of nitrogens with one attached hydrogen (secondary N) is 1. The van der Waals surface area contributed by atoms with Gasteiger partial charge in [-0.3, -0.25) is 0 Å². The number of nitrogens with zero attached hydrogens (tertiary/aromatic N) is 1. The second-order valence-corrected chi connectivity index (χ2v) is 7.26. The normalized spacial score (nSPS) is 20.3. The zero-order valence-corrected chi connectivity index (χ0v) is 14.8. The van der Waals surface area contributed by atoms with Crippen molar-refractivity contribution >= 4 is 10.9 Å². The van der Waals surface area contributed by atoms with Gasteiger partial charge in [0.05, 0.1) is 0 Å². The van der Waals surface area contributed by atoms with Crippen LogP contribution in [0.5, 0.6) is 0 Å². The van der Waals surface area contributed by atoms with Gasteiger partial charge < -0.3 is 9.88 Å². The minimum Gasteiger partial charge on any atom is -0.344 e. The van der Waals surface area contributed by atoms with Gasteiger partial charge in [-0.1, -0.05) is 42.0 Å². The van der Waals surface area contributed by atoms with Gasteiger partial charge in [-0.2, -0.15) is 0 Å². The van der Waals surface area contributed by atoms with E-state index in [1.54, 1.807) is 0 Å². The van der Waals surface area contributed by atoms with Crippen LogP contribution in [-0.2, 0) is 19.4 Å². The summed E-state index contributed by atoms with van der Waals surface area (Å²) < 4.78 is 2.57. The highest BCUT2D eigenvalue weighted by atomic mass is 15.0. The van der Waals surface area contributed by atoms with Gasteiger partial charge in [-0.25, -0.2) is 0 Å². The van der Waals surface area contributed by atoms with Gasteiger partial charge in [-0.05, 0) is 50.5 Å². The molecule has 2 unspecified atom stereocenters. The van der Waals surface area contributed by atoms with Crippen molar-refractivity contribution in [1.29, 1.82) is 0 Å². The van der Waals surface area contributed by atoms with E-state index in [1.807, 2.05) is 0 Å². The van der Waals surface area contributed by atoms with Crippen LogP contribution in [0, 0.1) is 6.92 Å². The lowest BCUT2D eigenvalue weighted by Gasteiger charge is -2.28. The highest BCUT2D eigenvalue weighted by molar-refractivity contribution is 5.87. The first-order chi connectivity index (χ1) is 11.6. The summed E-state index contributed by atoms with van der Waals surface area (Å²) in [5.74, 6) is 0. The third-order valence-corrected chi connectivity index (χ3v) is 5.30. The molecule has 1 aliphatic heterocycles. The number of benzene rings is 2. The monoisotopic (exact) mass is 318 g/mol. The fourth-order valence-electron chi connectivity index (χ4n) is 4.25. The minimum absolute atomic E-state index is 0.422. The van der Waals surface area contributed by atoms with E-state index in [9.17, 15) is 0 Å². The van der Waals surface area contributed by atoms with Crippen molar-refractivity contribution in [1.82, 2.24) is 9.88 Å². The van der Waals surface area contributed by atoms with E-state index in [0.29, 0.717) is 12.1 Å². The van der Waals surface area contributed by atoms with E-state index < -0.39 is 0 Å². The Balaban J connectivity index is 1.80. The first-order valence-electron chi connectivity index (χ1n) is 9.05. The van der Waals surface area contributed by atoms with Gasteiger partial charge in [0.25, 0.3) is 0 Å². The van der Waals surface area contributed by atoms with Crippen molar-refractivity contribution < 1.29 is 0 Å². The zero-order valence-electron chi connectivity index (χ0n) is 14.8. The molecule has 0 saturated heterocycles. The number of aryl methyl sites for hydroxylation is 3. The molecule has 0 aliphatic carbocycles. The van der Waals surface area contributed by atoms with Crippen LogP contribution in [0.15, 0.2) is 48.5 Å². The Morgan fingerprint density at radius 3 is 2.67 bits per heavy atom. The largest absolute Gasteiger partial charge is 0.344 e. The highest BCUT2D eigenvalue weighted by Gasteiger charge is 2.27. The molecule has 0 radical (unpaired) electrons. The molecule has 2 heterocycles. The van der Waals surface area contributed by atoms with Crippen molar-refractivity contribution in [2.45, 2.75) is 52.2 Å². The van der Waals surface area contributed by atoms with E-state index in [2.05, 4.69) is 79.2 Å². The molecule has 4 rings (SSSR count). The molecule has 3 aromatic rings. The fraction of sp³-hybridized carbons (Fsp3) is 0.364. The van der Waals surface area contributed by atoms with Crippen LogP contribution in [0.25, 0.3) is 10.9 Å². The highest BCUT2D eigenvalue weighted by Crippen LogP contribution is 2.35. The Morgan fingerprint density at radius 1 is 1.08 bits per heavy atom. The third-order valence-electron chi connectivity index (χ3n) is 5.30. The van der Waals surface area contributed by atoms with Crippen LogP contribution >= 0.6 is 0 Å². The molecule has 2 heteroatoms. The average molecular weight is 318 g/mol. The van der Waals surface area contributed by atoms with E-state index >= 15 is 0 Å². The summed E-state index contributed by atoms with van der Waals surface area (Å²) in [6, 6.07) is 18.7. The van der Waals surface area contributed by atoms with Crippen LogP contribution in [-0.4, -0.2) is 10.6 Å². The molecular formula is C22H26N2. The van der Waals surface area contributed by atoms with E-state index in [-0.39, 0.29) is 0 Å². The molecular weight excluding hydrogens is 292 g/mol. The Kier molecular flexibility index (Phi) is 3.93. The molecule has 1 aliphatic rings. The summed E-state index contributed by atoms with van der Waals surface area (Å²) >= 11 is 0. The summed E-state index contributed by atoms with van der Waals surface area (Å²) in [4.78, 5) is 0. The first-order valence-corrected chi connectivity index (χ1v) is 9.05. The number of fused-ring (bicyclic) bond motifs is 3. The molecule has 2 atom stereocenters. The topological polar surface area (TPSA) is 17.0 Å². The molecule has 1 aromatic heterocycles. The first kappa shape index (κ1) is 15.5. The number of hydrogen-bond acceptors (Lipinski definition) is 1. The molecule has 0 spiro atoms. The lowest BCUT2D eigenvalue weighted by Crippen LogP contribution is -2.36. The summed E-state index contributed by atoms with van der Waals surface area (Å²) in [5.41, 5.74) is 7.20. The Morgan fingerprint density at radius 2 is 1.88 bits per heavy atom. The molecule has 2 nitrogen and oxygen atoms in total. The van der Waals surface area contributed by atoms with E-state index in [1.165, 1.54) is 33.3 Å². The Hall–Kier alpha value is -2.06. The molecule has 0 bridgehead atoms. The zero-order chi connectivity index (χ0) is 16.7. The molecule has 0 amide bonds. The van der Waals surface area contributed by atoms with Crippen molar-refractivity contribution in [3.05, 3.63) is 70.9 Å². The molecule has 124 valence electrons. The van der Waals surface area contributed by atoms with E-state index in [4.69, 9.17) is 0 Å². The second kappa shape index (κ2) is 6.10. The van der Waals surface area contributed by atoms with Crippen molar-refractivity contribution in [3.63, 3.8) is 0 Å². The minimum atomic E-state index is 0.422. The number of aromatic nitrogens is 1. The van der Waals surface area contributed by atoms with Gasteiger partial charge in [0.2, 0.25) is 0 Å². The molecule has 0 fully saturated rings. The fourth-order valence-corrected chi connectivity index (χ4v) is 4.25. The Labute approximate surface area is 144 Å². The molecule has 2 aromatic carbocycles. The smallest absolute Gasteiger partial charge is 0.0486 e. The van der Waals surface area contributed by atoms with Gasteiger partial charge in [-0.15, -0.1) is 0 Å². The van der Waals surface area contributed by atoms with Gasteiger partial charge >= 0.3 is 0 Å². The summed E-state index contributed by atoms with van der Waals surface area (Å²) in [5, 5.41) is 5.16. The van der Waals surface area contributed by atoms with Crippen LogP contribution in [0.4, 0.5) is 0 Å². The number of rotatable bonds is 3. The predicted molar refractivity (Wildman–Crippen MR) is 102 cm³/mol. The van der Waals surface area contributed by atoms with Crippen LogP contribution in [0.3, 0.4) is 0 Å². The van der Waals surface area contributed by atoms with Gasteiger partial charge in [0, 0.05) is 41.6 Å². The van der Waals surface area contributed by atoms with Crippen LogP contribution in [0.1, 0.15) is 42.3 Å². The standard InChI is InChI=1S/C22H26N2/c1-15-9-10-20-19(13-15)22-17(3)23-16(2)14-21(22)24(20)12-11-18-7-5-4-6-8-18/h4-10,13,16-17,23H,11-12,14H2,1-3H3. The average Bonchev–Trinajstić information content (AvgIpc) is 2.86. The Bertz CT molecular complexity index is 861. The lowest BCUT2D eigenvalue weighted by molar-refractivity contribution is 0.433. The SMILES string of the molecule is Cc1ccc2c(c1)c1c(n2CCc2ccccc2)CC(C)NC1C. The third kappa shape index (κ3) is 2.65. The molecule has 24 heavy (non-hydrogen) atoms. The predicted octanol–water partition coefficient (Wildman–Crippen LogP) is 4.79. The summed E-state index contributed by atoms with van der Waals surface area (Å²) in [6.07, 6.45) is 2.20. The number of hydrogen-bond donors (Lipinski definition) is 1. The van der Waals surface area contributed by atoms with Gasteiger partial charge in [0.1, 0.15) is 0 Å². The van der Waals surface area contributed by atoms with Gasteiger partial charge in [0.15, 0.2) is 0 Å². The van der Waals surface area contributed by atoms with Crippen molar-refractivity contribution in [2.24, 2.45) is 0 Å². The quantitative estimate of drug-likeness (QED) is 0.735. The maximum atomic E-state index is 3.72. The van der Waals surface area contributed by atoms with Crippen molar-refractivity contribution in [3.8, 4) is 0 Å². The molecule has 0 saturated carbocycles. The summed E-state index contributed by atoms with van der Waals surface area (Å²) in [6.45, 7) is 7.84. The second-order valence-electron chi connectivity index (χ2n) is 7.26. The van der Waals surface area contributed by atoms with E-state index in [0.717, 1.165) is 19.4 Å². The van der Waals surface area contributed by atoms with Crippen LogP contribution < -0.4 is 5.32 Å².